The molecule has 0 aliphatic rings. The molecule has 8 nitrogen and oxygen atoms in total. The average Bonchev–Trinajstić information content (AvgIpc) is 3.05. The number of carbonyl (C=O) groups is 2. The second kappa shape index (κ2) is 8.98. The molecule has 2 aromatic heterocycles. The van der Waals surface area contributed by atoms with Gasteiger partial charge in [0.1, 0.15) is 6.04 Å². The van der Waals surface area contributed by atoms with Gasteiger partial charge in [-0.2, -0.15) is 0 Å². The van der Waals surface area contributed by atoms with Crippen molar-refractivity contribution in [1.82, 2.24) is 25.8 Å². The molecule has 0 radical (unpaired) electrons. The van der Waals surface area contributed by atoms with Gasteiger partial charge in [-0.1, -0.05) is 35.2 Å². The fourth-order valence-corrected chi connectivity index (χ4v) is 4.05. The van der Waals surface area contributed by atoms with Crippen LogP contribution in [-0.2, 0) is 9.59 Å². The normalized spacial score (nSPS) is 11.8. The van der Waals surface area contributed by atoms with Crippen molar-refractivity contribution < 1.29 is 9.59 Å². The Bertz CT molecular complexity index is 953. The number of amides is 2. The predicted molar refractivity (Wildman–Crippen MR) is 111 cm³/mol. The molecule has 0 saturated carbocycles. The Morgan fingerprint density at radius 3 is 2.54 bits per heavy atom. The molecule has 3 aromatic rings. The van der Waals surface area contributed by atoms with Crippen LogP contribution in [0.4, 0.5) is 5.13 Å². The van der Waals surface area contributed by atoms with Crippen LogP contribution in [0.25, 0.3) is 10.2 Å². The van der Waals surface area contributed by atoms with E-state index in [0.29, 0.717) is 10.3 Å². The highest BCUT2D eigenvalue weighted by molar-refractivity contribution is 7.99. The summed E-state index contributed by atoms with van der Waals surface area (Å²) in [7, 11) is 0. The molecule has 0 fully saturated rings. The third kappa shape index (κ3) is 5.40. The molecule has 0 aliphatic carbocycles. The van der Waals surface area contributed by atoms with E-state index in [1.54, 1.807) is 6.92 Å². The summed E-state index contributed by atoms with van der Waals surface area (Å²) in [6.07, 6.45) is 0. The molecule has 2 heterocycles. The molecule has 3 rings (SSSR count). The highest BCUT2D eigenvalue weighted by Crippen LogP contribution is 2.25. The van der Waals surface area contributed by atoms with Gasteiger partial charge in [-0.25, -0.2) is 15.0 Å². The van der Waals surface area contributed by atoms with E-state index >= 15 is 0 Å². The summed E-state index contributed by atoms with van der Waals surface area (Å²) in [5.41, 5.74) is 7.39. The van der Waals surface area contributed by atoms with E-state index in [-0.39, 0.29) is 17.6 Å². The maximum absolute atomic E-state index is 12.2. The lowest BCUT2D eigenvalue weighted by Crippen LogP contribution is -2.48. The number of aryl methyl sites for hydroxylation is 2. The summed E-state index contributed by atoms with van der Waals surface area (Å²) in [6.45, 7) is 5.45. The number of anilines is 1. The van der Waals surface area contributed by atoms with Gasteiger partial charge >= 0.3 is 0 Å². The van der Waals surface area contributed by atoms with Crippen molar-refractivity contribution in [3.8, 4) is 0 Å². The van der Waals surface area contributed by atoms with Crippen LogP contribution in [0.15, 0.2) is 35.5 Å². The lowest BCUT2D eigenvalue weighted by molar-refractivity contribution is -0.127. The van der Waals surface area contributed by atoms with E-state index in [9.17, 15) is 9.59 Å². The van der Waals surface area contributed by atoms with Gasteiger partial charge in [-0.15, -0.1) is 0 Å². The summed E-state index contributed by atoms with van der Waals surface area (Å²) in [6, 6.07) is 9.05. The summed E-state index contributed by atoms with van der Waals surface area (Å²) in [5, 5.41) is 4.23. The fraction of sp³-hybridized carbons (Fsp3) is 0.278. The van der Waals surface area contributed by atoms with Crippen molar-refractivity contribution in [2.75, 3.05) is 11.1 Å². The first-order valence-electron chi connectivity index (χ1n) is 8.56. The smallest absolute Gasteiger partial charge is 0.260 e. The summed E-state index contributed by atoms with van der Waals surface area (Å²) in [5.74, 6) is -0.600. The van der Waals surface area contributed by atoms with Crippen LogP contribution in [0.1, 0.15) is 18.3 Å². The molecule has 1 atom stereocenters. The zero-order chi connectivity index (χ0) is 20.1. The zero-order valence-electron chi connectivity index (χ0n) is 15.6. The molecule has 0 bridgehead atoms. The molecule has 0 aliphatic heterocycles. The lowest BCUT2D eigenvalue weighted by atomic mass is 10.3. The van der Waals surface area contributed by atoms with Gasteiger partial charge in [0, 0.05) is 11.4 Å². The third-order valence-electron chi connectivity index (χ3n) is 3.65. The zero-order valence-corrected chi connectivity index (χ0v) is 17.3. The number of nitrogens with one attached hydrogen (secondary N) is 3. The number of nitrogens with zero attached hydrogens (tertiary/aromatic N) is 3. The van der Waals surface area contributed by atoms with Crippen molar-refractivity contribution in [1.29, 1.82) is 0 Å². The molecule has 3 N–H and O–H groups in total. The Labute approximate surface area is 170 Å². The Morgan fingerprint density at radius 2 is 1.82 bits per heavy atom. The number of hydrogen-bond acceptors (Lipinski definition) is 8. The highest BCUT2D eigenvalue weighted by atomic mass is 32.2. The minimum Gasteiger partial charge on any atom is -0.350 e. The standard InChI is InChI=1S/C18H20N6O2S2/c1-10-8-11(2)20-17(19-10)27-9-15(25)23-24-16(26)12(3)21-18-22-13-6-4-5-7-14(13)28-18/h4-8,12H,9H2,1-3H3,(H,21,22)(H,23,25)(H,24,26)/t12-/m1/s1. The van der Waals surface area contributed by atoms with Gasteiger partial charge in [0.25, 0.3) is 5.91 Å². The van der Waals surface area contributed by atoms with Crippen molar-refractivity contribution in [3.63, 3.8) is 0 Å². The van der Waals surface area contributed by atoms with Crippen LogP contribution in [-0.4, -0.2) is 38.6 Å². The summed E-state index contributed by atoms with van der Waals surface area (Å²) < 4.78 is 1.04. The first kappa shape index (κ1) is 20.0. The van der Waals surface area contributed by atoms with E-state index in [1.165, 1.54) is 23.1 Å². The number of rotatable bonds is 6. The number of thioether (sulfide) groups is 1. The van der Waals surface area contributed by atoms with Gasteiger partial charge < -0.3 is 5.32 Å². The van der Waals surface area contributed by atoms with Gasteiger partial charge in [-0.3, -0.25) is 20.4 Å². The van der Waals surface area contributed by atoms with E-state index in [0.717, 1.165) is 21.6 Å². The largest absolute Gasteiger partial charge is 0.350 e. The van der Waals surface area contributed by atoms with Crippen LogP contribution < -0.4 is 16.2 Å². The van der Waals surface area contributed by atoms with Crippen molar-refractivity contribution in [3.05, 3.63) is 41.7 Å². The number of hydrogen-bond donors (Lipinski definition) is 3. The molecule has 2 amide bonds. The number of aromatic nitrogens is 3. The van der Waals surface area contributed by atoms with Crippen LogP contribution >= 0.6 is 23.1 Å². The highest BCUT2D eigenvalue weighted by Gasteiger charge is 2.15. The quantitative estimate of drug-likeness (QED) is 0.322. The van der Waals surface area contributed by atoms with Crippen LogP contribution in [0.5, 0.6) is 0 Å². The monoisotopic (exact) mass is 416 g/mol. The number of benzene rings is 1. The molecule has 0 saturated heterocycles. The lowest BCUT2D eigenvalue weighted by Gasteiger charge is -2.13. The second-order valence-corrected chi connectivity index (χ2v) is 8.09. The molecular weight excluding hydrogens is 396 g/mol. The minimum absolute atomic E-state index is 0.100. The first-order chi connectivity index (χ1) is 13.4. The molecule has 0 unspecified atom stereocenters. The number of carbonyl (C=O) groups excluding carboxylic acids is 2. The van der Waals surface area contributed by atoms with E-state index in [2.05, 4.69) is 31.1 Å². The van der Waals surface area contributed by atoms with Crippen molar-refractivity contribution in [2.45, 2.75) is 32.0 Å². The average molecular weight is 417 g/mol. The number of thiazole rings is 1. The molecule has 0 spiro atoms. The van der Waals surface area contributed by atoms with Gasteiger partial charge in [0.05, 0.1) is 16.0 Å². The van der Waals surface area contributed by atoms with Crippen molar-refractivity contribution >= 4 is 50.3 Å². The number of fused-ring (bicyclic) bond motifs is 1. The topological polar surface area (TPSA) is 109 Å². The SMILES string of the molecule is Cc1cc(C)nc(SCC(=O)NNC(=O)[C@@H](C)Nc2nc3ccccc3s2)n1. The van der Waals surface area contributed by atoms with Crippen LogP contribution in [0.2, 0.25) is 0 Å². The summed E-state index contributed by atoms with van der Waals surface area (Å²) in [4.78, 5) is 37.1. The van der Waals surface area contributed by atoms with Gasteiger partial charge in [0.15, 0.2) is 10.3 Å². The Kier molecular flexibility index (Phi) is 6.42. The van der Waals surface area contributed by atoms with Crippen LogP contribution in [0.3, 0.4) is 0 Å². The molecule has 146 valence electrons. The molecule has 28 heavy (non-hydrogen) atoms. The number of hydrazine groups is 1. The fourth-order valence-electron chi connectivity index (χ4n) is 2.35. The minimum atomic E-state index is -0.559. The van der Waals surface area contributed by atoms with E-state index < -0.39 is 6.04 Å². The molecule has 1 aromatic carbocycles. The van der Waals surface area contributed by atoms with Gasteiger partial charge in [0.2, 0.25) is 5.91 Å². The maximum Gasteiger partial charge on any atom is 0.260 e. The van der Waals surface area contributed by atoms with Crippen molar-refractivity contribution in [2.24, 2.45) is 0 Å². The second-order valence-electron chi connectivity index (χ2n) is 6.11. The van der Waals surface area contributed by atoms with Crippen LogP contribution in [0, 0.1) is 13.8 Å². The number of para-hydroxylation sites is 1. The first-order valence-corrected chi connectivity index (χ1v) is 10.4. The Balaban J connectivity index is 1.45. The molecular formula is C18H20N6O2S2. The molecule has 10 heteroatoms. The maximum atomic E-state index is 12.2. The Morgan fingerprint density at radius 1 is 1.11 bits per heavy atom. The Hall–Kier alpha value is -2.72. The van der Waals surface area contributed by atoms with E-state index in [1.807, 2.05) is 44.2 Å². The third-order valence-corrected chi connectivity index (χ3v) is 5.46. The summed E-state index contributed by atoms with van der Waals surface area (Å²) >= 11 is 2.68. The predicted octanol–water partition coefficient (Wildman–Crippen LogP) is 2.44. The van der Waals surface area contributed by atoms with Gasteiger partial charge in [-0.05, 0) is 39.0 Å². The van der Waals surface area contributed by atoms with E-state index in [4.69, 9.17) is 0 Å².